The van der Waals surface area contributed by atoms with Gasteiger partial charge in [-0.15, -0.1) is 0 Å². The van der Waals surface area contributed by atoms with E-state index >= 15 is 0 Å². The van der Waals surface area contributed by atoms with E-state index in [9.17, 15) is 9.59 Å². The van der Waals surface area contributed by atoms with Crippen LogP contribution in [0.2, 0.25) is 0 Å². The second-order valence-electron chi connectivity index (χ2n) is 6.94. The molecule has 3 rings (SSSR count). The molecule has 0 unspecified atom stereocenters. The van der Waals surface area contributed by atoms with Crippen molar-refractivity contribution in [1.82, 2.24) is 4.57 Å². The molecule has 5 nitrogen and oxygen atoms in total. The molecule has 0 spiro atoms. The van der Waals surface area contributed by atoms with Gasteiger partial charge in [0, 0.05) is 17.3 Å². The van der Waals surface area contributed by atoms with Crippen LogP contribution in [0.1, 0.15) is 30.9 Å². The molecule has 0 saturated heterocycles. The number of pyridine rings is 1. The Balaban J connectivity index is 1.87. The zero-order chi connectivity index (χ0) is 19.6. The van der Waals surface area contributed by atoms with E-state index < -0.39 is 0 Å². The standard InChI is InChI=1S/C22H24N2O3/c1-14(2)18-7-5-6-15(3)21(18)23-20(25)13-24-11-10-16-12-17(27-4)8-9-19(16)22(24)26/h5-12,14H,13H2,1-4H3,(H,23,25). The molecule has 5 heteroatoms. The maximum absolute atomic E-state index is 12.7. The molecule has 0 radical (unpaired) electrons. The molecule has 1 N–H and O–H groups in total. The van der Waals surface area contributed by atoms with Crippen molar-refractivity contribution in [3.63, 3.8) is 0 Å². The Morgan fingerprint density at radius 2 is 1.96 bits per heavy atom. The van der Waals surface area contributed by atoms with Gasteiger partial charge in [0.2, 0.25) is 5.91 Å². The van der Waals surface area contributed by atoms with Crippen molar-refractivity contribution >= 4 is 22.4 Å². The molecule has 0 fully saturated rings. The number of hydrogen-bond donors (Lipinski definition) is 1. The Morgan fingerprint density at radius 3 is 2.67 bits per heavy atom. The fraction of sp³-hybridized carbons (Fsp3) is 0.273. The Hall–Kier alpha value is -3.08. The van der Waals surface area contributed by atoms with Crippen molar-refractivity contribution in [2.45, 2.75) is 33.2 Å². The Labute approximate surface area is 158 Å². The Bertz CT molecular complexity index is 1050. The first-order valence-corrected chi connectivity index (χ1v) is 8.97. The first-order valence-electron chi connectivity index (χ1n) is 8.97. The number of rotatable bonds is 5. The molecule has 1 aromatic heterocycles. The van der Waals surface area contributed by atoms with Gasteiger partial charge in [-0.1, -0.05) is 32.0 Å². The molecule has 0 aliphatic carbocycles. The topological polar surface area (TPSA) is 60.3 Å². The minimum atomic E-state index is -0.221. The minimum absolute atomic E-state index is 0.0350. The van der Waals surface area contributed by atoms with E-state index in [1.807, 2.05) is 37.3 Å². The van der Waals surface area contributed by atoms with Crippen molar-refractivity contribution < 1.29 is 9.53 Å². The molecule has 3 aromatic rings. The van der Waals surface area contributed by atoms with E-state index in [4.69, 9.17) is 4.74 Å². The molecule has 2 aromatic carbocycles. The van der Waals surface area contributed by atoms with Gasteiger partial charge in [-0.3, -0.25) is 9.59 Å². The third-order valence-electron chi connectivity index (χ3n) is 4.69. The van der Waals surface area contributed by atoms with Crippen LogP contribution >= 0.6 is 0 Å². The van der Waals surface area contributed by atoms with E-state index in [0.717, 1.165) is 22.2 Å². The van der Waals surface area contributed by atoms with Crippen LogP contribution in [-0.4, -0.2) is 17.6 Å². The summed E-state index contributed by atoms with van der Waals surface area (Å²) in [5.41, 5.74) is 2.73. The highest BCUT2D eigenvalue weighted by molar-refractivity contribution is 5.92. The van der Waals surface area contributed by atoms with E-state index in [-0.39, 0.29) is 18.0 Å². The van der Waals surface area contributed by atoms with Crippen LogP contribution in [0.25, 0.3) is 10.8 Å². The van der Waals surface area contributed by atoms with Crippen LogP contribution < -0.4 is 15.6 Å². The molecule has 140 valence electrons. The summed E-state index contributed by atoms with van der Waals surface area (Å²) in [6.07, 6.45) is 1.64. The number of ether oxygens (including phenoxy) is 1. The van der Waals surface area contributed by atoms with Gasteiger partial charge in [-0.2, -0.15) is 0 Å². The minimum Gasteiger partial charge on any atom is -0.497 e. The highest BCUT2D eigenvalue weighted by Crippen LogP contribution is 2.27. The number of aromatic nitrogens is 1. The molecular weight excluding hydrogens is 340 g/mol. The van der Waals surface area contributed by atoms with Gasteiger partial charge < -0.3 is 14.6 Å². The van der Waals surface area contributed by atoms with Crippen molar-refractivity contribution in [3.05, 3.63) is 70.1 Å². The average molecular weight is 364 g/mol. The number of carbonyl (C=O) groups excluding carboxylic acids is 1. The maximum atomic E-state index is 12.7. The average Bonchev–Trinajstić information content (AvgIpc) is 2.65. The van der Waals surface area contributed by atoms with E-state index in [0.29, 0.717) is 17.1 Å². The fourth-order valence-electron chi connectivity index (χ4n) is 3.19. The molecule has 0 bridgehead atoms. The number of carbonyl (C=O) groups is 1. The van der Waals surface area contributed by atoms with Crippen molar-refractivity contribution in [2.24, 2.45) is 0 Å². The number of benzene rings is 2. The summed E-state index contributed by atoms with van der Waals surface area (Å²) in [6.45, 7) is 6.11. The summed E-state index contributed by atoms with van der Waals surface area (Å²) in [7, 11) is 1.59. The number of nitrogens with zero attached hydrogens (tertiary/aromatic N) is 1. The Kier molecular flexibility index (Phi) is 5.31. The van der Waals surface area contributed by atoms with Crippen LogP contribution in [0.15, 0.2) is 53.5 Å². The van der Waals surface area contributed by atoms with Crippen LogP contribution in [0.5, 0.6) is 5.75 Å². The third-order valence-corrected chi connectivity index (χ3v) is 4.69. The monoisotopic (exact) mass is 364 g/mol. The van der Waals surface area contributed by atoms with Crippen molar-refractivity contribution in [1.29, 1.82) is 0 Å². The molecule has 0 aliphatic rings. The smallest absolute Gasteiger partial charge is 0.258 e. The molecule has 1 amide bonds. The number of aryl methyl sites for hydroxylation is 1. The lowest BCUT2D eigenvalue weighted by molar-refractivity contribution is -0.116. The number of para-hydroxylation sites is 1. The summed E-state index contributed by atoms with van der Waals surface area (Å²) in [5, 5.41) is 4.33. The lowest BCUT2D eigenvalue weighted by Crippen LogP contribution is -2.27. The van der Waals surface area contributed by atoms with E-state index in [1.165, 1.54) is 4.57 Å². The predicted octanol–water partition coefficient (Wildman–Crippen LogP) is 4.08. The van der Waals surface area contributed by atoms with E-state index in [1.54, 1.807) is 25.4 Å². The predicted molar refractivity (Wildman–Crippen MR) is 109 cm³/mol. The summed E-state index contributed by atoms with van der Waals surface area (Å²) in [5.74, 6) is 0.762. The Morgan fingerprint density at radius 1 is 1.19 bits per heavy atom. The zero-order valence-electron chi connectivity index (χ0n) is 16.1. The number of fused-ring (bicyclic) bond motifs is 1. The second kappa shape index (κ2) is 7.66. The molecule has 27 heavy (non-hydrogen) atoms. The maximum Gasteiger partial charge on any atom is 0.258 e. The number of amides is 1. The SMILES string of the molecule is COc1ccc2c(=O)n(CC(=O)Nc3c(C)cccc3C(C)C)ccc2c1. The normalized spacial score (nSPS) is 11.0. The molecule has 1 heterocycles. The first-order chi connectivity index (χ1) is 12.9. The second-order valence-corrected chi connectivity index (χ2v) is 6.94. The number of methoxy groups -OCH3 is 1. The summed E-state index contributed by atoms with van der Waals surface area (Å²) in [6, 6.07) is 13.1. The highest BCUT2D eigenvalue weighted by atomic mass is 16.5. The molecular formula is C22H24N2O3. The van der Waals surface area contributed by atoms with Gasteiger partial charge >= 0.3 is 0 Å². The number of anilines is 1. The zero-order valence-corrected chi connectivity index (χ0v) is 16.1. The number of hydrogen-bond acceptors (Lipinski definition) is 3. The third kappa shape index (κ3) is 3.87. The van der Waals surface area contributed by atoms with Crippen LogP contribution in [-0.2, 0) is 11.3 Å². The molecule has 0 aliphatic heterocycles. The highest BCUT2D eigenvalue weighted by Gasteiger charge is 2.13. The van der Waals surface area contributed by atoms with Crippen LogP contribution in [0, 0.1) is 6.92 Å². The molecule has 0 saturated carbocycles. The summed E-state index contributed by atoms with van der Waals surface area (Å²) >= 11 is 0. The van der Waals surface area contributed by atoms with Crippen molar-refractivity contribution in [3.8, 4) is 5.75 Å². The van der Waals surface area contributed by atoms with Gasteiger partial charge in [0.15, 0.2) is 0 Å². The van der Waals surface area contributed by atoms with Crippen molar-refractivity contribution in [2.75, 3.05) is 12.4 Å². The summed E-state index contributed by atoms with van der Waals surface area (Å²) < 4.78 is 6.62. The van der Waals surface area contributed by atoms with Crippen LogP contribution in [0.4, 0.5) is 5.69 Å². The molecule has 0 atom stereocenters. The van der Waals surface area contributed by atoms with Gasteiger partial charge in [-0.25, -0.2) is 0 Å². The van der Waals surface area contributed by atoms with Gasteiger partial charge in [0.25, 0.3) is 5.56 Å². The lowest BCUT2D eigenvalue weighted by Gasteiger charge is -2.17. The van der Waals surface area contributed by atoms with Crippen LogP contribution in [0.3, 0.4) is 0 Å². The summed E-state index contributed by atoms with van der Waals surface area (Å²) in [4.78, 5) is 25.3. The van der Waals surface area contributed by atoms with Gasteiger partial charge in [-0.05, 0) is 53.6 Å². The fourth-order valence-corrected chi connectivity index (χ4v) is 3.19. The van der Waals surface area contributed by atoms with Gasteiger partial charge in [0.1, 0.15) is 12.3 Å². The lowest BCUT2D eigenvalue weighted by atomic mass is 9.98. The largest absolute Gasteiger partial charge is 0.497 e. The van der Waals surface area contributed by atoms with Gasteiger partial charge in [0.05, 0.1) is 7.11 Å². The first kappa shape index (κ1) is 18.7. The number of nitrogens with one attached hydrogen (secondary N) is 1. The van der Waals surface area contributed by atoms with E-state index in [2.05, 4.69) is 19.2 Å². The quantitative estimate of drug-likeness (QED) is 0.742.